The number of carbonyl (C=O) groups is 2. The lowest BCUT2D eigenvalue weighted by molar-refractivity contribution is -0.114. The number of anilines is 2. The van der Waals surface area contributed by atoms with Crippen LogP contribution in [0, 0.1) is 0 Å². The molecule has 0 radical (unpaired) electrons. The largest absolute Gasteiger partial charge is 0.494 e. The maximum absolute atomic E-state index is 12.4. The van der Waals surface area contributed by atoms with Crippen molar-refractivity contribution >= 4 is 23.2 Å². The van der Waals surface area contributed by atoms with Gasteiger partial charge in [-0.25, -0.2) is 0 Å². The monoisotopic (exact) mass is 395 g/mol. The van der Waals surface area contributed by atoms with Gasteiger partial charge in [0, 0.05) is 29.0 Å². The third-order valence-electron chi connectivity index (χ3n) is 4.97. The van der Waals surface area contributed by atoms with Gasteiger partial charge in [0.1, 0.15) is 5.75 Å². The molecule has 2 aromatic rings. The van der Waals surface area contributed by atoms with Crippen molar-refractivity contribution in [3.63, 3.8) is 0 Å². The summed E-state index contributed by atoms with van der Waals surface area (Å²) < 4.78 is 5.45. The molecule has 0 bridgehead atoms. The van der Waals surface area contributed by atoms with Crippen LogP contribution in [0.2, 0.25) is 0 Å². The van der Waals surface area contributed by atoms with Crippen LogP contribution in [-0.4, -0.2) is 31.0 Å². The molecule has 6 heteroatoms. The van der Waals surface area contributed by atoms with Crippen LogP contribution in [0.1, 0.15) is 49.4 Å². The molecule has 0 heterocycles. The number of rotatable bonds is 8. The van der Waals surface area contributed by atoms with Crippen molar-refractivity contribution in [3.8, 4) is 5.75 Å². The van der Waals surface area contributed by atoms with Gasteiger partial charge in [-0.2, -0.15) is 0 Å². The molecule has 2 aromatic carbocycles. The summed E-state index contributed by atoms with van der Waals surface area (Å²) in [5, 5.41) is 9.02. The highest BCUT2D eigenvalue weighted by molar-refractivity contribution is 5.96. The van der Waals surface area contributed by atoms with Crippen molar-refractivity contribution in [1.29, 1.82) is 0 Å². The zero-order valence-corrected chi connectivity index (χ0v) is 16.9. The predicted molar refractivity (Wildman–Crippen MR) is 116 cm³/mol. The van der Waals surface area contributed by atoms with E-state index in [0.717, 1.165) is 24.3 Å². The molecule has 1 aliphatic rings. The molecule has 0 unspecified atom stereocenters. The molecule has 1 saturated carbocycles. The lowest BCUT2D eigenvalue weighted by Crippen LogP contribution is -2.36. The summed E-state index contributed by atoms with van der Waals surface area (Å²) in [5.41, 5.74) is 2.09. The molecule has 6 nitrogen and oxygen atoms in total. The lowest BCUT2D eigenvalue weighted by Gasteiger charge is -2.22. The van der Waals surface area contributed by atoms with Crippen LogP contribution in [0.25, 0.3) is 0 Å². The van der Waals surface area contributed by atoms with E-state index in [2.05, 4.69) is 16.0 Å². The van der Waals surface area contributed by atoms with Crippen LogP contribution in [-0.2, 0) is 4.79 Å². The Balaban J connectivity index is 1.46. The Morgan fingerprint density at radius 2 is 1.76 bits per heavy atom. The van der Waals surface area contributed by atoms with Gasteiger partial charge >= 0.3 is 0 Å². The Morgan fingerprint density at radius 3 is 2.48 bits per heavy atom. The fourth-order valence-corrected chi connectivity index (χ4v) is 3.47. The van der Waals surface area contributed by atoms with Crippen molar-refractivity contribution in [2.45, 2.75) is 45.1 Å². The average Bonchev–Trinajstić information content (AvgIpc) is 2.74. The number of ether oxygens (including phenoxy) is 1. The topological polar surface area (TPSA) is 79.5 Å². The lowest BCUT2D eigenvalue weighted by atomic mass is 9.95. The van der Waals surface area contributed by atoms with E-state index < -0.39 is 0 Å². The van der Waals surface area contributed by atoms with Gasteiger partial charge in [0.25, 0.3) is 5.91 Å². The van der Waals surface area contributed by atoms with Crippen LogP contribution in [0.3, 0.4) is 0 Å². The highest BCUT2D eigenvalue weighted by Crippen LogP contribution is 2.19. The first-order valence-electron chi connectivity index (χ1n) is 10.3. The van der Waals surface area contributed by atoms with E-state index in [0.29, 0.717) is 17.9 Å². The maximum Gasteiger partial charge on any atom is 0.251 e. The Bertz CT molecular complexity index is 814. The van der Waals surface area contributed by atoms with Crippen molar-refractivity contribution in [2.75, 3.05) is 23.8 Å². The van der Waals surface area contributed by atoms with Crippen LogP contribution >= 0.6 is 0 Å². The van der Waals surface area contributed by atoms with Crippen LogP contribution < -0.4 is 20.7 Å². The SMILES string of the molecule is CCOc1cccc(NCC(=O)Nc2ccc(C(=O)NC3CCCCC3)cc2)c1. The minimum absolute atomic E-state index is 0.0503. The second-order valence-electron chi connectivity index (χ2n) is 7.25. The number of hydrogen-bond acceptors (Lipinski definition) is 4. The van der Waals surface area contributed by atoms with Gasteiger partial charge in [-0.3, -0.25) is 9.59 Å². The number of nitrogens with one attached hydrogen (secondary N) is 3. The smallest absolute Gasteiger partial charge is 0.251 e. The maximum atomic E-state index is 12.4. The highest BCUT2D eigenvalue weighted by Gasteiger charge is 2.16. The van der Waals surface area contributed by atoms with E-state index in [9.17, 15) is 9.59 Å². The van der Waals surface area contributed by atoms with Crippen LogP contribution in [0.5, 0.6) is 5.75 Å². The van der Waals surface area contributed by atoms with Gasteiger partial charge < -0.3 is 20.7 Å². The summed E-state index contributed by atoms with van der Waals surface area (Å²) in [6, 6.07) is 14.8. The van der Waals surface area contributed by atoms with E-state index in [1.807, 2.05) is 31.2 Å². The van der Waals surface area contributed by atoms with Crippen molar-refractivity contribution in [2.24, 2.45) is 0 Å². The molecule has 0 spiro atoms. The number of carbonyl (C=O) groups excluding carboxylic acids is 2. The normalized spacial score (nSPS) is 14.1. The fraction of sp³-hybridized carbons (Fsp3) is 0.391. The van der Waals surface area contributed by atoms with Gasteiger partial charge in [0.2, 0.25) is 5.91 Å². The van der Waals surface area contributed by atoms with Crippen LogP contribution in [0.4, 0.5) is 11.4 Å². The van der Waals surface area contributed by atoms with Gasteiger partial charge in [-0.15, -0.1) is 0 Å². The first-order valence-corrected chi connectivity index (χ1v) is 10.3. The van der Waals surface area contributed by atoms with Crippen molar-refractivity contribution < 1.29 is 14.3 Å². The quantitative estimate of drug-likeness (QED) is 0.626. The molecule has 0 aliphatic heterocycles. The Labute approximate surface area is 172 Å². The van der Waals surface area contributed by atoms with Gasteiger partial charge in [-0.1, -0.05) is 25.3 Å². The minimum Gasteiger partial charge on any atom is -0.494 e. The zero-order valence-electron chi connectivity index (χ0n) is 16.9. The van der Waals surface area contributed by atoms with Gasteiger partial charge in [0.05, 0.1) is 13.2 Å². The zero-order chi connectivity index (χ0) is 20.5. The molecule has 0 atom stereocenters. The molecular formula is C23H29N3O3. The van der Waals surface area contributed by atoms with E-state index in [4.69, 9.17) is 4.74 Å². The molecule has 1 aliphatic carbocycles. The van der Waals surface area contributed by atoms with Gasteiger partial charge in [-0.05, 0) is 56.2 Å². The molecular weight excluding hydrogens is 366 g/mol. The molecule has 1 fully saturated rings. The summed E-state index contributed by atoms with van der Waals surface area (Å²) in [5.74, 6) is 0.553. The fourth-order valence-electron chi connectivity index (χ4n) is 3.47. The third-order valence-corrected chi connectivity index (χ3v) is 4.97. The van der Waals surface area contributed by atoms with E-state index >= 15 is 0 Å². The van der Waals surface area contributed by atoms with E-state index in [1.54, 1.807) is 24.3 Å². The minimum atomic E-state index is -0.161. The Hall–Kier alpha value is -3.02. The summed E-state index contributed by atoms with van der Waals surface area (Å²) in [4.78, 5) is 24.6. The third kappa shape index (κ3) is 6.52. The van der Waals surface area contributed by atoms with E-state index in [1.165, 1.54) is 19.3 Å². The molecule has 0 saturated heterocycles. The second kappa shape index (κ2) is 10.5. The molecule has 3 N–H and O–H groups in total. The molecule has 154 valence electrons. The standard InChI is InChI=1S/C23H29N3O3/c1-2-29-21-10-6-9-20(15-21)24-16-22(27)25-19-13-11-17(12-14-19)23(28)26-18-7-4-3-5-8-18/h6,9-15,18,24H,2-5,7-8,16H2,1H3,(H,25,27)(H,26,28). The number of benzene rings is 2. The summed E-state index contributed by atoms with van der Waals surface area (Å²) in [6.45, 7) is 2.66. The van der Waals surface area contributed by atoms with Crippen molar-refractivity contribution in [1.82, 2.24) is 5.32 Å². The molecule has 3 rings (SSSR count). The molecule has 2 amide bonds. The number of hydrogen-bond donors (Lipinski definition) is 3. The van der Waals surface area contributed by atoms with E-state index in [-0.39, 0.29) is 24.4 Å². The highest BCUT2D eigenvalue weighted by atomic mass is 16.5. The first kappa shape index (κ1) is 20.7. The van der Waals surface area contributed by atoms with Crippen LogP contribution in [0.15, 0.2) is 48.5 Å². The van der Waals surface area contributed by atoms with Crippen molar-refractivity contribution in [3.05, 3.63) is 54.1 Å². The summed E-state index contributed by atoms with van der Waals surface area (Å²) >= 11 is 0. The second-order valence-corrected chi connectivity index (χ2v) is 7.25. The predicted octanol–water partition coefficient (Wildman–Crippen LogP) is 4.20. The molecule has 0 aromatic heterocycles. The first-order chi connectivity index (χ1) is 14.1. The molecule has 29 heavy (non-hydrogen) atoms. The summed E-state index contributed by atoms with van der Waals surface area (Å²) in [7, 11) is 0. The Kier molecular flexibility index (Phi) is 7.50. The number of amides is 2. The van der Waals surface area contributed by atoms with Gasteiger partial charge in [0.15, 0.2) is 0 Å². The summed E-state index contributed by atoms with van der Waals surface area (Å²) in [6.07, 6.45) is 5.73. The Morgan fingerprint density at radius 1 is 1.00 bits per heavy atom. The average molecular weight is 396 g/mol.